The second-order valence-electron chi connectivity index (χ2n) is 10.8. The molecule has 0 saturated carbocycles. The van der Waals surface area contributed by atoms with Gasteiger partial charge in [-0.3, -0.25) is 9.59 Å². The number of ketones is 1. The summed E-state index contributed by atoms with van der Waals surface area (Å²) in [5.41, 5.74) is 2.08. The van der Waals surface area contributed by atoms with Crippen molar-refractivity contribution in [1.82, 2.24) is 15.0 Å². The van der Waals surface area contributed by atoms with Crippen molar-refractivity contribution in [3.8, 4) is 22.8 Å². The molecule has 0 unspecified atom stereocenters. The van der Waals surface area contributed by atoms with Crippen LogP contribution in [-0.2, 0) is 6.42 Å². The Labute approximate surface area is 255 Å². The Morgan fingerprint density at radius 2 is 1.67 bits per heavy atom. The van der Waals surface area contributed by atoms with E-state index >= 15 is 4.39 Å². The maximum atomic E-state index is 15.0. The van der Waals surface area contributed by atoms with E-state index in [2.05, 4.69) is 15.6 Å². The van der Waals surface area contributed by atoms with Crippen LogP contribution in [0, 0.1) is 17.5 Å². The Morgan fingerprint density at radius 3 is 2.51 bits per heavy atom. The number of amides is 1. The molecule has 7 rings (SSSR count). The van der Waals surface area contributed by atoms with Gasteiger partial charge < -0.3 is 14.8 Å². The first kappa shape index (κ1) is 28.3. The van der Waals surface area contributed by atoms with Crippen LogP contribution in [0.5, 0.6) is 11.5 Å². The second kappa shape index (κ2) is 11.6. The standard InChI is InChI=1S/C34H25F3N4O4/c35-20-15-25-22(28(37)16-20)6-3-7-30(25)41-18-29(39-40-41)26-17-21(9-10-27(26)36)38-34(43)24-5-2-1-4-23(24)33(42)19-8-11-31-32(14-19)45-13-12-44-31/h1-2,4-5,8-11,14-18,30H,3,6-7,12-13H2,(H,38,43)/t30-/m0/s1. The van der Waals surface area contributed by atoms with Gasteiger partial charge in [-0.1, -0.05) is 23.4 Å². The van der Waals surface area contributed by atoms with Crippen molar-refractivity contribution >= 4 is 17.4 Å². The average Bonchev–Trinajstić information content (AvgIpc) is 3.54. The predicted octanol–water partition coefficient (Wildman–Crippen LogP) is 6.54. The van der Waals surface area contributed by atoms with Gasteiger partial charge in [-0.05, 0) is 78.9 Å². The van der Waals surface area contributed by atoms with E-state index in [1.165, 1.54) is 41.2 Å². The van der Waals surface area contributed by atoms with Crippen molar-refractivity contribution in [2.45, 2.75) is 25.3 Å². The summed E-state index contributed by atoms with van der Waals surface area (Å²) in [6, 6.07) is 17.0. The Kier molecular flexibility index (Phi) is 7.28. The largest absolute Gasteiger partial charge is 0.486 e. The van der Waals surface area contributed by atoms with E-state index in [1.807, 2.05) is 0 Å². The SMILES string of the molecule is O=C(Nc1ccc(F)c(-c2cn([C@H]3CCCc4c(F)cc(F)cc43)nn2)c1)c1ccccc1C(=O)c1ccc2c(c1)OCCO2. The number of carbonyl (C=O) groups is 2. The first-order valence-electron chi connectivity index (χ1n) is 14.4. The number of ether oxygens (including phenoxy) is 2. The lowest BCUT2D eigenvalue weighted by molar-refractivity contribution is 0.0996. The average molecular weight is 611 g/mol. The van der Waals surface area contributed by atoms with Crippen molar-refractivity contribution in [1.29, 1.82) is 0 Å². The van der Waals surface area contributed by atoms with Crippen LogP contribution in [-0.4, -0.2) is 39.9 Å². The third-order valence-electron chi connectivity index (χ3n) is 8.01. The minimum absolute atomic E-state index is 0.0705. The van der Waals surface area contributed by atoms with E-state index < -0.39 is 29.4 Å². The Hall–Kier alpha value is -5.45. The molecule has 1 aromatic heterocycles. The van der Waals surface area contributed by atoms with Crippen molar-refractivity contribution in [2.24, 2.45) is 0 Å². The van der Waals surface area contributed by atoms with Gasteiger partial charge in [0, 0.05) is 28.4 Å². The van der Waals surface area contributed by atoms with E-state index in [4.69, 9.17) is 9.47 Å². The number of hydrogen-bond donors (Lipinski definition) is 1. The molecule has 1 aliphatic heterocycles. The third kappa shape index (κ3) is 5.41. The quantitative estimate of drug-likeness (QED) is 0.219. The van der Waals surface area contributed by atoms with Gasteiger partial charge in [0.15, 0.2) is 17.3 Å². The number of nitrogens with one attached hydrogen (secondary N) is 1. The molecule has 1 N–H and O–H groups in total. The number of carbonyl (C=O) groups excluding carboxylic acids is 2. The summed E-state index contributed by atoms with van der Waals surface area (Å²) in [6.45, 7) is 0.790. The van der Waals surface area contributed by atoms with Crippen LogP contribution < -0.4 is 14.8 Å². The summed E-state index contributed by atoms with van der Waals surface area (Å²) in [6.07, 6.45) is 3.26. The Morgan fingerprint density at radius 1 is 0.867 bits per heavy atom. The van der Waals surface area contributed by atoms with E-state index in [9.17, 15) is 18.4 Å². The first-order valence-corrected chi connectivity index (χ1v) is 14.4. The number of fused-ring (bicyclic) bond motifs is 2. The number of anilines is 1. The van der Waals surface area contributed by atoms with Crippen molar-refractivity contribution in [3.05, 3.63) is 124 Å². The molecule has 0 spiro atoms. The monoisotopic (exact) mass is 610 g/mol. The first-order chi connectivity index (χ1) is 21.9. The second-order valence-corrected chi connectivity index (χ2v) is 10.8. The summed E-state index contributed by atoms with van der Waals surface area (Å²) in [7, 11) is 0. The highest BCUT2D eigenvalue weighted by Gasteiger charge is 2.27. The molecule has 8 nitrogen and oxygen atoms in total. The molecule has 0 saturated heterocycles. The number of hydrogen-bond acceptors (Lipinski definition) is 6. The molecule has 45 heavy (non-hydrogen) atoms. The molecule has 5 aromatic rings. The maximum Gasteiger partial charge on any atom is 0.256 e. The fourth-order valence-electron chi connectivity index (χ4n) is 5.86. The van der Waals surface area contributed by atoms with Crippen molar-refractivity contribution in [3.63, 3.8) is 0 Å². The van der Waals surface area contributed by atoms with E-state index in [-0.39, 0.29) is 33.9 Å². The molecule has 1 aliphatic carbocycles. The number of halogens is 3. The molecule has 1 amide bonds. The van der Waals surface area contributed by atoms with Gasteiger partial charge in [-0.15, -0.1) is 5.10 Å². The zero-order valence-corrected chi connectivity index (χ0v) is 23.7. The highest BCUT2D eigenvalue weighted by atomic mass is 19.1. The van der Waals surface area contributed by atoms with E-state index in [1.54, 1.807) is 36.4 Å². The number of nitrogens with zero attached hydrogens (tertiary/aromatic N) is 3. The van der Waals surface area contributed by atoms with Gasteiger partial charge in [-0.25, -0.2) is 17.9 Å². The zero-order chi connectivity index (χ0) is 31.1. The Balaban J connectivity index is 1.14. The highest BCUT2D eigenvalue weighted by Crippen LogP contribution is 2.36. The number of rotatable bonds is 6. The molecule has 0 fully saturated rings. The van der Waals surface area contributed by atoms with Crippen LogP contribution in [0.2, 0.25) is 0 Å². The molecule has 2 heterocycles. The normalized spacial score (nSPS) is 15.3. The van der Waals surface area contributed by atoms with Gasteiger partial charge in [0.25, 0.3) is 5.91 Å². The lowest BCUT2D eigenvalue weighted by Crippen LogP contribution is -2.19. The summed E-state index contributed by atoms with van der Waals surface area (Å²) in [5, 5.41) is 11.0. The lowest BCUT2D eigenvalue weighted by Gasteiger charge is -2.25. The lowest BCUT2D eigenvalue weighted by atomic mass is 9.87. The molecular weight excluding hydrogens is 585 g/mol. The summed E-state index contributed by atoms with van der Waals surface area (Å²) < 4.78 is 56.1. The molecule has 0 radical (unpaired) electrons. The smallest absolute Gasteiger partial charge is 0.256 e. The van der Waals surface area contributed by atoms with Gasteiger partial charge in [-0.2, -0.15) is 0 Å². The molecule has 2 aliphatic rings. The molecule has 1 atom stereocenters. The topological polar surface area (TPSA) is 95.3 Å². The number of benzene rings is 4. The van der Waals surface area contributed by atoms with Crippen LogP contribution in [0.25, 0.3) is 11.3 Å². The van der Waals surface area contributed by atoms with Crippen LogP contribution in [0.1, 0.15) is 56.3 Å². The third-order valence-corrected chi connectivity index (χ3v) is 8.01. The fraction of sp³-hybridized carbons (Fsp3) is 0.176. The van der Waals surface area contributed by atoms with Crippen molar-refractivity contribution in [2.75, 3.05) is 18.5 Å². The molecule has 4 aromatic carbocycles. The van der Waals surface area contributed by atoms with Gasteiger partial charge in [0.05, 0.1) is 17.8 Å². The van der Waals surface area contributed by atoms with Crippen LogP contribution in [0.15, 0.2) is 79.0 Å². The minimum atomic E-state index is -0.678. The summed E-state index contributed by atoms with van der Waals surface area (Å²) >= 11 is 0. The predicted molar refractivity (Wildman–Crippen MR) is 158 cm³/mol. The van der Waals surface area contributed by atoms with Crippen LogP contribution >= 0.6 is 0 Å². The van der Waals surface area contributed by atoms with Gasteiger partial charge in [0.1, 0.15) is 36.4 Å². The molecular formula is C34H25F3N4O4. The molecule has 0 bridgehead atoms. The fourth-order valence-corrected chi connectivity index (χ4v) is 5.86. The zero-order valence-electron chi connectivity index (χ0n) is 23.7. The highest BCUT2D eigenvalue weighted by molar-refractivity contribution is 6.17. The summed E-state index contributed by atoms with van der Waals surface area (Å²) in [5.74, 6) is -1.82. The molecule has 11 heteroatoms. The van der Waals surface area contributed by atoms with Gasteiger partial charge in [0.2, 0.25) is 0 Å². The maximum absolute atomic E-state index is 15.0. The molecule has 226 valence electrons. The van der Waals surface area contributed by atoms with E-state index in [0.717, 1.165) is 6.07 Å². The summed E-state index contributed by atoms with van der Waals surface area (Å²) in [4.78, 5) is 26.9. The number of aromatic nitrogens is 3. The van der Waals surface area contributed by atoms with E-state index in [0.29, 0.717) is 60.7 Å². The van der Waals surface area contributed by atoms with Crippen LogP contribution in [0.4, 0.5) is 18.9 Å². The Bertz CT molecular complexity index is 1980. The minimum Gasteiger partial charge on any atom is -0.486 e. The van der Waals surface area contributed by atoms with Gasteiger partial charge >= 0.3 is 0 Å². The van der Waals surface area contributed by atoms with Crippen LogP contribution in [0.3, 0.4) is 0 Å². The van der Waals surface area contributed by atoms with Crippen molar-refractivity contribution < 1.29 is 32.2 Å².